The summed E-state index contributed by atoms with van der Waals surface area (Å²) in [5, 5.41) is 0. The van der Waals surface area contributed by atoms with E-state index in [9.17, 15) is 8.78 Å². The summed E-state index contributed by atoms with van der Waals surface area (Å²) >= 11 is 0. The molecule has 2 unspecified atom stereocenters. The van der Waals surface area contributed by atoms with Crippen molar-refractivity contribution < 1.29 is 8.78 Å². The highest BCUT2D eigenvalue weighted by atomic mass is 19.1. The van der Waals surface area contributed by atoms with Crippen molar-refractivity contribution in [2.45, 2.75) is 32.4 Å². The smallest absolute Gasteiger partial charge is 0.119 e. The Morgan fingerprint density at radius 3 is 3.00 bits per heavy atom. The van der Waals surface area contributed by atoms with Gasteiger partial charge in [0.2, 0.25) is 0 Å². The molecule has 0 nitrogen and oxygen atoms in total. The van der Waals surface area contributed by atoms with Crippen LogP contribution in [0.1, 0.15) is 26.2 Å². The van der Waals surface area contributed by atoms with Gasteiger partial charge < -0.3 is 0 Å². The molecule has 0 spiro atoms. The summed E-state index contributed by atoms with van der Waals surface area (Å²) in [5.74, 6) is -0.511. The van der Waals surface area contributed by atoms with Crippen LogP contribution in [-0.2, 0) is 0 Å². The molecule has 0 aliphatic heterocycles. The van der Waals surface area contributed by atoms with E-state index in [1.165, 1.54) is 12.2 Å². The van der Waals surface area contributed by atoms with Crippen LogP contribution in [0.2, 0.25) is 0 Å². The van der Waals surface area contributed by atoms with E-state index in [0.717, 1.165) is 12.0 Å². The molecule has 14 heavy (non-hydrogen) atoms. The summed E-state index contributed by atoms with van der Waals surface area (Å²) in [4.78, 5) is 0. The molecular formula is C12H16F2. The average molecular weight is 198 g/mol. The first kappa shape index (κ1) is 11.2. The zero-order valence-corrected chi connectivity index (χ0v) is 8.47. The van der Waals surface area contributed by atoms with Gasteiger partial charge in [-0.25, -0.2) is 8.78 Å². The van der Waals surface area contributed by atoms with Crippen molar-refractivity contribution in [3.8, 4) is 0 Å². The molecule has 1 aliphatic rings. The third-order valence-electron chi connectivity index (χ3n) is 2.40. The number of allylic oxidation sites excluding steroid dienone is 5. The maximum atomic E-state index is 13.3. The van der Waals surface area contributed by atoms with Crippen LogP contribution in [-0.4, -0.2) is 6.17 Å². The van der Waals surface area contributed by atoms with Crippen molar-refractivity contribution >= 4 is 0 Å². The molecule has 2 heteroatoms. The third-order valence-corrected chi connectivity index (χ3v) is 2.40. The van der Waals surface area contributed by atoms with E-state index in [1.54, 1.807) is 13.0 Å². The molecule has 0 radical (unpaired) electrons. The maximum absolute atomic E-state index is 13.3. The van der Waals surface area contributed by atoms with Crippen molar-refractivity contribution in [2.24, 2.45) is 5.92 Å². The summed E-state index contributed by atoms with van der Waals surface area (Å²) in [6.07, 6.45) is 5.41. The molecule has 0 saturated carbocycles. The number of hydrogen-bond acceptors (Lipinski definition) is 0. The highest BCUT2D eigenvalue weighted by Gasteiger charge is 2.18. The molecule has 0 saturated heterocycles. The maximum Gasteiger partial charge on any atom is 0.119 e. The Balaban J connectivity index is 2.73. The fourth-order valence-electron chi connectivity index (χ4n) is 1.54. The van der Waals surface area contributed by atoms with Gasteiger partial charge in [-0.15, -0.1) is 6.58 Å². The highest BCUT2D eigenvalue weighted by molar-refractivity contribution is 5.26. The molecule has 0 amide bonds. The van der Waals surface area contributed by atoms with E-state index in [-0.39, 0.29) is 18.2 Å². The van der Waals surface area contributed by atoms with Crippen LogP contribution in [0.25, 0.3) is 0 Å². The number of hydrogen-bond donors (Lipinski definition) is 0. The van der Waals surface area contributed by atoms with Gasteiger partial charge in [0.15, 0.2) is 0 Å². The van der Waals surface area contributed by atoms with Gasteiger partial charge in [-0.1, -0.05) is 13.0 Å². The minimum absolute atomic E-state index is 0.208. The van der Waals surface area contributed by atoms with Gasteiger partial charge in [0, 0.05) is 5.92 Å². The predicted molar refractivity (Wildman–Crippen MR) is 55.4 cm³/mol. The first-order chi connectivity index (χ1) is 6.63. The van der Waals surface area contributed by atoms with Crippen molar-refractivity contribution in [1.29, 1.82) is 0 Å². The lowest BCUT2D eigenvalue weighted by Crippen LogP contribution is -2.02. The van der Waals surface area contributed by atoms with Gasteiger partial charge in [-0.3, -0.25) is 0 Å². The molecule has 0 N–H and O–H groups in total. The monoisotopic (exact) mass is 198 g/mol. The van der Waals surface area contributed by atoms with Crippen LogP contribution in [0.15, 0.2) is 36.2 Å². The zero-order valence-electron chi connectivity index (χ0n) is 8.47. The molecule has 0 aromatic heterocycles. The van der Waals surface area contributed by atoms with Gasteiger partial charge in [-0.05, 0) is 37.0 Å². The SMILES string of the molecule is C=CCCC1=CC(F)CC(C)C(F)=C1. The van der Waals surface area contributed by atoms with E-state index >= 15 is 0 Å². The van der Waals surface area contributed by atoms with Crippen molar-refractivity contribution in [2.75, 3.05) is 0 Å². The molecule has 1 rings (SSSR count). The fraction of sp³-hybridized carbons (Fsp3) is 0.500. The highest BCUT2D eigenvalue weighted by Crippen LogP contribution is 2.27. The van der Waals surface area contributed by atoms with Gasteiger partial charge in [0.25, 0.3) is 0 Å². The normalized spacial score (nSPS) is 27.6. The Labute approximate surface area is 84.0 Å². The van der Waals surface area contributed by atoms with Crippen LogP contribution < -0.4 is 0 Å². The molecule has 0 aromatic rings. The minimum atomic E-state index is -1.02. The molecular weight excluding hydrogens is 182 g/mol. The van der Waals surface area contributed by atoms with Crippen molar-refractivity contribution in [1.82, 2.24) is 0 Å². The summed E-state index contributed by atoms with van der Waals surface area (Å²) in [6, 6.07) is 0. The second-order valence-electron chi connectivity index (χ2n) is 3.75. The lowest BCUT2D eigenvalue weighted by atomic mass is 10.1. The van der Waals surface area contributed by atoms with Gasteiger partial charge >= 0.3 is 0 Å². The predicted octanol–water partition coefficient (Wildman–Crippen LogP) is 4.11. The molecule has 78 valence electrons. The van der Waals surface area contributed by atoms with Crippen molar-refractivity contribution in [3.05, 3.63) is 36.2 Å². The first-order valence-electron chi connectivity index (χ1n) is 4.96. The van der Waals surface area contributed by atoms with E-state index < -0.39 is 6.17 Å². The average Bonchev–Trinajstić information content (AvgIpc) is 2.23. The van der Waals surface area contributed by atoms with Crippen LogP contribution in [0.5, 0.6) is 0 Å². The second-order valence-corrected chi connectivity index (χ2v) is 3.75. The molecule has 1 aliphatic carbocycles. The van der Waals surface area contributed by atoms with Crippen LogP contribution in [0.3, 0.4) is 0 Å². The summed E-state index contributed by atoms with van der Waals surface area (Å²) < 4.78 is 26.6. The third kappa shape index (κ3) is 3.09. The van der Waals surface area contributed by atoms with E-state index in [1.807, 2.05) is 0 Å². The number of rotatable bonds is 3. The first-order valence-corrected chi connectivity index (χ1v) is 4.96. The minimum Gasteiger partial charge on any atom is -0.243 e. The van der Waals surface area contributed by atoms with E-state index in [4.69, 9.17) is 0 Å². The molecule has 2 atom stereocenters. The Hall–Kier alpha value is -0.920. The van der Waals surface area contributed by atoms with E-state index in [0.29, 0.717) is 6.42 Å². The number of halogens is 2. The van der Waals surface area contributed by atoms with Crippen LogP contribution in [0.4, 0.5) is 8.78 Å². The zero-order chi connectivity index (χ0) is 10.6. The van der Waals surface area contributed by atoms with Crippen LogP contribution >= 0.6 is 0 Å². The summed E-state index contributed by atoms with van der Waals surface area (Å²) in [6.45, 7) is 5.30. The Kier molecular flexibility index (Phi) is 4.05. The molecule has 0 aromatic carbocycles. The van der Waals surface area contributed by atoms with Crippen molar-refractivity contribution in [3.63, 3.8) is 0 Å². The Bertz CT molecular complexity index is 263. The second kappa shape index (κ2) is 5.08. The molecule has 0 bridgehead atoms. The Morgan fingerprint density at radius 1 is 1.64 bits per heavy atom. The van der Waals surface area contributed by atoms with Gasteiger partial charge in [0.1, 0.15) is 12.0 Å². The summed E-state index contributed by atoms with van der Waals surface area (Å²) in [7, 11) is 0. The van der Waals surface area contributed by atoms with E-state index in [2.05, 4.69) is 6.58 Å². The topological polar surface area (TPSA) is 0 Å². The summed E-state index contributed by atoms with van der Waals surface area (Å²) in [5.41, 5.74) is 0.749. The van der Waals surface area contributed by atoms with Gasteiger partial charge in [-0.2, -0.15) is 0 Å². The quantitative estimate of drug-likeness (QED) is 0.599. The molecule has 0 fully saturated rings. The largest absolute Gasteiger partial charge is 0.243 e. The fourth-order valence-corrected chi connectivity index (χ4v) is 1.54. The standard InChI is InChI=1S/C12H16F2/c1-3-4-5-10-7-11(13)6-9(2)12(14)8-10/h3,7-9,11H,1,4-6H2,2H3. The lowest BCUT2D eigenvalue weighted by Gasteiger charge is -2.06. The molecule has 0 heterocycles. The van der Waals surface area contributed by atoms with Crippen LogP contribution in [0, 0.1) is 5.92 Å². The number of alkyl halides is 1. The lowest BCUT2D eigenvalue weighted by molar-refractivity contribution is 0.328. The van der Waals surface area contributed by atoms with Gasteiger partial charge in [0.05, 0.1) is 0 Å². The Morgan fingerprint density at radius 2 is 2.36 bits per heavy atom.